The predicted molar refractivity (Wildman–Crippen MR) is 66.3 cm³/mol. The van der Waals surface area contributed by atoms with Crippen molar-refractivity contribution >= 4 is 0 Å². The van der Waals surface area contributed by atoms with Gasteiger partial charge in [-0.2, -0.15) is 0 Å². The molecule has 1 saturated heterocycles. The average Bonchev–Trinajstić information content (AvgIpc) is 2.83. The lowest BCUT2D eigenvalue weighted by Crippen LogP contribution is -2.31. The van der Waals surface area contributed by atoms with Crippen LogP contribution in [0.25, 0.3) is 0 Å². The average molecular weight is 255 g/mol. The summed E-state index contributed by atoms with van der Waals surface area (Å²) in [6, 6.07) is 4.14. The van der Waals surface area contributed by atoms with E-state index in [0.29, 0.717) is 12.2 Å². The van der Waals surface area contributed by atoms with Gasteiger partial charge in [-0.25, -0.2) is 8.78 Å². The monoisotopic (exact) mass is 255 g/mol. The molecule has 0 amide bonds. The summed E-state index contributed by atoms with van der Waals surface area (Å²) in [4.78, 5) is 0. The lowest BCUT2D eigenvalue weighted by molar-refractivity contribution is 0.0778. The highest BCUT2D eigenvalue weighted by Crippen LogP contribution is 2.35. The molecule has 1 fully saturated rings. The van der Waals surface area contributed by atoms with E-state index in [2.05, 4.69) is 12.2 Å². The van der Waals surface area contributed by atoms with Gasteiger partial charge in [0, 0.05) is 24.1 Å². The van der Waals surface area contributed by atoms with Crippen molar-refractivity contribution in [3.63, 3.8) is 0 Å². The number of hydrogen-bond donors (Lipinski definition) is 1. The molecule has 1 aliphatic heterocycles. The van der Waals surface area contributed by atoms with Crippen LogP contribution in [-0.2, 0) is 4.74 Å². The van der Waals surface area contributed by atoms with Gasteiger partial charge in [0.05, 0.1) is 6.10 Å². The summed E-state index contributed by atoms with van der Waals surface area (Å²) in [5, 5.41) is 3.11. The molecule has 1 aliphatic rings. The second-order valence-corrected chi connectivity index (χ2v) is 4.68. The van der Waals surface area contributed by atoms with E-state index in [1.165, 1.54) is 0 Å². The lowest BCUT2D eigenvalue weighted by Gasteiger charge is -2.27. The number of hydrogen-bond acceptors (Lipinski definition) is 2. The third kappa shape index (κ3) is 2.40. The molecule has 4 heteroatoms. The normalized spacial score (nSPS) is 25.3. The topological polar surface area (TPSA) is 21.3 Å². The zero-order valence-electron chi connectivity index (χ0n) is 10.7. The van der Waals surface area contributed by atoms with Crippen LogP contribution in [0.5, 0.6) is 0 Å². The number of ether oxygens (including phenoxy) is 1. The van der Waals surface area contributed by atoms with Crippen LogP contribution in [0.1, 0.15) is 31.4 Å². The number of nitrogens with one attached hydrogen (secondary N) is 1. The summed E-state index contributed by atoms with van der Waals surface area (Å²) in [5.41, 5.74) is 0.395. The molecular formula is C14H19F2NO. The van der Waals surface area contributed by atoms with E-state index >= 15 is 0 Å². The highest BCUT2D eigenvalue weighted by atomic mass is 19.2. The van der Waals surface area contributed by atoms with E-state index in [4.69, 9.17) is 4.74 Å². The third-order valence-corrected chi connectivity index (χ3v) is 3.72. The van der Waals surface area contributed by atoms with Crippen molar-refractivity contribution in [2.75, 3.05) is 13.7 Å². The molecule has 2 rings (SSSR count). The van der Waals surface area contributed by atoms with E-state index in [0.717, 1.165) is 18.9 Å². The van der Waals surface area contributed by atoms with Crippen molar-refractivity contribution in [1.29, 1.82) is 0 Å². The van der Waals surface area contributed by atoms with Gasteiger partial charge in [0.15, 0.2) is 11.6 Å². The van der Waals surface area contributed by atoms with E-state index in [1.54, 1.807) is 19.2 Å². The first-order chi connectivity index (χ1) is 8.69. The van der Waals surface area contributed by atoms with Crippen LogP contribution in [0.15, 0.2) is 18.2 Å². The Labute approximate surface area is 106 Å². The van der Waals surface area contributed by atoms with Crippen LogP contribution in [0, 0.1) is 17.6 Å². The molecule has 3 unspecified atom stereocenters. The fourth-order valence-electron chi connectivity index (χ4n) is 2.83. The molecular weight excluding hydrogens is 236 g/mol. The van der Waals surface area contributed by atoms with E-state index in [1.807, 2.05) is 0 Å². The van der Waals surface area contributed by atoms with Crippen molar-refractivity contribution in [3.8, 4) is 0 Å². The van der Waals surface area contributed by atoms with E-state index < -0.39 is 11.6 Å². The Hall–Kier alpha value is -1.00. The molecule has 0 aliphatic carbocycles. The van der Waals surface area contributed by atoms with Gasteiger partial charge < -0.3 is 10.1 Å². The molecule has 100 valence electrons. The number of halogens is 2. The Balaban J connectivity index is 2.30. The van der Waals surface area contributed by atoms with Crippen molar-refractivity contribution in [1.82, 2.24) is 5.32 Å². The summed E-state index contributed by atoms with van der Waals surface area (Å²) >= 11 is 0. The van der Waals surface area contributed by atoms with Crippen molar-refractivity contribution in [2.45, 2.75) is 31.9 Å². The summed E-state index contributed by atoms with van der Waals surface area (Å²) in [7, 11) is 1.78. The maximum absolute atomic E-state index is 13.9. The second kappa shape index (κ2) is 5.76. The Morgan fingerprint density at radius 3 is 2.89 bits per heavy atom. The van der Waals surface area contributed by atoms with Crippen LogP contribution >= 0.6 is 0 Å². The molecule has 1 aromatic carbocycles. The molecule has 1 N–H and O–H groups in total. The van der Waals surface area contributed by atoms with Gasteiger partial charge in [0.1, 0.15) is 0 Å². The molecule has 1 aromatic rings. The summed E-state index contributed by atoms with van der Waals surface area (Å²) < 4.78 is 32.8. The number of benzene rings is 1. The zero-order chi connectivity index (χ0) is 13.1. The lowest BCUT2D eigenvalue weighted by atomic mass is 9.86. The Morgan fingerprint density at radius 2 is 2.22 bits per heavy atom. The van der Waals surface area contributed by atoms with Crippen LogP contribution in [0.3, 0.4) is 0 Å². The number of rotatable bonds is 4. The maximum Gasteiger partial charge on any atom is 0.163 e. The predicted octanol–water partition coefficient (Wildman–Crippen LogP) is 3.04. The molecule has 0 spiro atoms. The molecule has 0 saturated carbocycles. The first kappa shape index (κ1) is 13.4. The van der Waals surface area contributed by atoms with Crippen LogP contribution in [0.2, 0.25) is 0 Å². The summed E-state index contributed by atoms with van der Waals surface area (Å²) in [6.07, 6.45) is 1.88. The Kier molecular flexibility index (Phi) is 4.30. The quantitative estimate of drug-likeness (QED) is 0.893. The van der Waals surface area contributed by atoms with Gasteiger partial charge >= 0.3 is 0 Å². The first-order valence-corrected chi connectivity index (χ1v) is 6.41. The van der Waals surface area contributed by atoms with Gasteiger partial charge in [0.2, 0.25) is 0 Å². The molecule has 1 heterocycles. The molecule has 0 aromatic heterocycles. The smallest absolute Gasteiger partial charge is 0.163 e. The zero-order valence-corrected chi connectivity index (χ0v) is 10.7. The third-order valence-electron chi connectivity index (χ3n) is 3.72. The van der Waals surface area contributed by atoms with Gasteiger partial charge in [-0.1, -0.05) is 19.1 Å². The van der Waals surface area contributed by atoms with Crippen molar-refractivity contribution < 1.29 is 13.5 Å². The first-order valence-electron chi connectivity index (χ1n) is 6.41. The largest absolute Gasteiger partial charge is 0.378 e. The molecule has 18 heavy (non-hydrogen) atoms. The molecule has 2 nitrogen and oxygen atoms in total. The molecule has 0 bridgehead atoms. The summed E-state index contributed by atoms with van der Waals surface area (Å²) in [6.45, 7) is 2.75. The van der Waals surface area contributed by atoms with Crippen LogP contribution in [-0.4, -0.2) is 19.8 Å². The standard InChI is InChI=1S/C14H19F2NO/c1-3-12-9(7-8-18-12)14(17-2)10-5-4-6-11(15)13(10)16/h4-6,9,12,14,17H,3,7-8H2,1-2H3. The fraction of sp³-hybridized carbons (Fsp3) is 0.571. The van der Waals surface area contributed by atoms with Crippen molar-refractivity contribution in [3.05, 3.63) is 35.4 Å². The fourth-order valence-corrected chi connectivity index (χ4v) is 2.83. The van der Waals surface area contributed by atoms with Gasteiger partial charge in [-0.3, -0.25) is 0 Å². The summed E-state index contributed by atoms with van der Waals surface area (Å²) in [5.74, 6) is -1.35. The van der Waals surface area contributed by atoms with Crippen LogP contribution in [0.4, 0.5) is 8.78 Å². The van der Waals surface area contributed by atoms with E-state index in [9.17, 15) is 8.78 Å². The van der Waals surface area contributed by atoms with Crippen LogP contribution < -0.4 is 5.32 Å². The Morgan fingerprint density at radius 1 is 1.44 bits per heavy atom. The molecule has 3 atom stereocenters. The van der Waals surface area contributed by atoms with Gasteiger partial charge in [-0.05, 0) is 26.0 Å². The Bertz CT molecular complexity index is 411. The van der Waals surface area contributed by atoms with Gasteiger partial charge in [-0.15, -0.1) is 0 Å². The maximum atomic E-state index is 13.9. The minimum absolute atomic E-state index is 0.116. The second-order valence-electron chi connectivity index (χ2n) is 4.68. The highest BCUT2D eigenvalue weighted by molar-refractivity contribution is 5.23. The van der Waals surface area contributed by atoms with Gasteiger partial charge in [0.25, 0.3) is 0 Å². The minimum atomic E-state index is -0.792. The molecule has 0 radical (unpaired) electrons. The minimum Gasteiger partial charge on any atom is -0.378 e. The van der Waals surface area contributed by atoms with E-state index in [-0.39, 0.29) is 18.1 Å². The SMILES string of the molecule is CCC1OCCC1C(NC)c1cccc(F)c1F. The highest BCUT2D eigenvalue weighted by Gasteiger charge is 2.35. The van der Waals surface area contributed by atoms with Crippen molar-refractivity contribution in [2.24, 2.45) is 5.92 Å².